The van der Waals surface area contributed by atoms with Crippen LogP contribution in [0.25, 0.3) is 0 Å². The summed E-state index contributed by atoms with van der Waals surface area (Å²) in [4.78, 5) is 12.7. The van der Waals surface area contributed by atoms with Gasteiger partial charge in [-0.1, -0.05) is 0 Å². The number of ether oxygens (including phenoxy) is 1. The summed E-state index contributed by atoms with van der Waals surface area (Å²) in [5.74, 6) is 0. The lowest BCUT2D eigenvalue weighted by Gasteiger charge is -2.19. The van der Waals surface area contributed by atoms with Crippen molar-refractivity contribution in [2.24, 2.45) is 0 Å². The highest BCUT2D eigenvalue weighted by Gasteiger charge is 2.15. The Balaban J connectivity index is 2.03. The van der Waals surface area contributed by atoms with Crippen molar-refractivity contribution in [2.45, 2.75) is 46.3 Å². The Morgan fingerprint density at radius 1 is 1.37 bits per heavy atom. The second-order valence-corrected chi connectivity index (χ2v) is 6.49. The van der Waals surface area contributed by atoms with Gasteiger partial charge in [0.05, 0.1) is 0 Å². The van der Waals surface area contributed by atoms with E-state index in [0.717, 1.165) is 19.5 Å². The van der Waals surface area contributed by atoms with E-state index in [4.69, 9.17) is 4.74 Å². The Labute approximate surface area is 119 Å². The van der Waals surface area contributed by atoms with E-state index in [9.17, 15) is 4.79 Å². The monoisotopic (exact) mass is 284 g/mol. The zero-order valence-electron chi connectivity index (χ0n) is 12.2. The molecule has 0 fully saturated rings. The average molecular weight is 284 g/mol. The molecule has 1 aromatic heterocycles. The lowest BCUT2D eigenvalue weighted by atomic mass is 10.2. The Morgan fingerprint density at radius 2 is 2.11 bits per heavy atom. The van der Waals surface area contributed by atoms with E-state index >= 15 is 0 Å². The highest BCUT2D eigenvalue weighted by atomic mass is 32.1. The van der Waals surface area contributed by atoms with Crippen molar-refractivity contribution in [3.8, 4) is 0 Å². The first-order valence-electron chi connectivity index (χ1n) is 6.59. The molecule has 0 aliphatic heterocycles. The minimum Gasteiger partial charge on any atom is -0.444 e. The molecule has 1 aromatic rings. The van der Waals surface area contributed by atoms with Gasteiger partial charge in [0.1, 0.15) is 5.60 Å². The van der Waals surface area contributed by atoms with Gasteiger partial charge in [-0.3, -0.25) is 0 Å². The molecule has 0 radical (unpaired) electrons. The predicted octanol–water partition coefficient (Wildman–Crippen LogP) is 3.06. The fraction of sp³-hybridized carbons (Fsp3) is 0.643. The summed E-state index contributed by atoms with van der Waals surface area (Å²) < 4.78 is 5.15. The molecule has 1 amide bonds. The van der Waals surface area contributed by atoms with Crippen LogP contribution in [-0.2, 0) is 11.3 Å². The number of aryl methyl sites for hydroxylation is 1. The average Bonchev–Trinajstić information content (AvgIpc) is 2.67. The summed E-state index contributed by atoms with van der Waals surface area (Å²) in [6.07, 6.45) is 0.547. The maximum absolute atomic E-state index is 11.4. The van der Waals surface area contributed by atoms with Crippen molar-refractivity contribution in [1.82, 2.24) is 10.6 Å². The van der Waals surface area contributed by atoms with Gasteiger partial charge in [-0.05, 0) is 57.7 Å². The third-order valence-corrected chi connectivity index (χ3v) is 3.48. The highest BCUT2D eigenvalue weighted by molar-refractivity contribution is 7.10. The van der Waals surface area contributed by atoms with Crippen LogP contribution in [0.15, 0.2) is 11.4 Å². The maximum Gasteiger partial charge on any atom is 0.407 e. The fourth-order valence-electron chi connectivity index (χ4n) is 1.51. The van der Waals surface area contributed by atoms with Crippen LogP contribution in [0.5, 0.6) is 0 Å². The van der Waals surface area contributed by atoms with Gasteiger partial charge in [0.2, 0.25) is 0 Å². The van der Waals surface area contributed by atoms with E-state index in [0.29, 0.717) is 6.54 Å². The first-order valence-corrected chi connectivity index (χ1v) is 7.47. The summed E-state index contributed by atoms with van der Waals surface area (Å²) in [6.45, 7) is 10.1. The summed E-state index contributed by atoms with van der Waals surface area (Å²) in [5, 5.41) is 8.22. The third-order valence-electron chi connectivity index (χ3n) is 2.45. The third kappa shape index (κ3) is 7.18. The van der Waals surface area contributed by atoms with E-state index in [2.05, 4.69) is 29.0 Å². The molecule has 2 N–H and O–H groups in total. The van der Waals surface area contributed by atoms with Crippen molar-refractivity contribution in [3.05, 3.63) is 21.9 Å². The van der Waals surface area contributed by atoms with Gasteiger partial charge in [-0.25, -0.2) is 4.79 Å². The molecule has 108 valence electrons. The zero-order valence-corrected chi connectivity index (χ0v) is 13.0. The molecule has 0 saturated heterocycles. The topological polar surface area (TPSA) is 50.4 Å². The molecule has 0 aliphatic rings. The quantitative estimate of drug-likeness (QED) is 0.789. The van der Waals surface area contributed by atoms with Crippen LogP contribution in [0.4, 0.5) is 4.79 Å². The number of carbonyl (C=O) groups is 1. The van der Waals surface area contributed by atoms with Crippen LogP contribution in [0.3, 0.4) is 0 Å². The Hall–Kier alpha value is -1.07. The molecule has 5 heteroatoms. The molecule has 0 unspecified atom stereocenters. The van der Waals surface area contributed by atoms with Gasteiger partial charge in [0.15, 0.2) is 0 Å². The number of hydrogen-bond acceptors (Lipinski definition) is 4. The second kappa shape index (κ2) is 7.50. The van der Waals surface area contributed by atoms with Gasteiger partial charge in [-0.15, -0.1) is 11.3 Å². The SMILES string of the molecule is Cc1ccsc1CNCCCNC(=O)OC(C)(C)C. The summed E-state index contributed by atoms with van der Waals surface area (Å²) in [5.41, 5.74) is 0.906. The van der Waals surface area contributed by atoms with Gasteiger partial charge in [0, 0.05) is 18.0 Å². The molecule has 4 nitrogen and oxygen atoms in total. The molecule has 0 bridgehead atoms. The minimum atomic E-state index is -0.432. The van der Waals surface area contributed by atoms with Gasteiger partial charge >= 0.3 is 6.09 Å². The molecule has 0 aromatic carbocycles. The Bertz CT molecular complexity index is 396. The fourth-order valence-corrected chi connectivity index (χ4v) is 2.38. The van der Waals surface area contributed by atoms with Gasteiger partial charge in [0.25, 0.3) is 0 Å². The Morgan fingerprint density at radius 3 is 2.68 bits per heavy atom. The van der Waals surface area contributed by atoms with E-state index < -0.39 is 5.60 Å². The van der Waals surface area contributed by atoms with Gasteiger partial charge < -0.3 is 15.4 Å². The lowest BCUT2D eigenvalue weighted by Crippen LogP contribution is -2.33. The number of carbonyl (C=O) groups excluding carboxylic acids is 1. The van der Waals surface area contributed by atoms with Crippen LogP contribution < -0.4 is 10.6 Å². The standard InChI is InChI=1S/C14H24N2O2S/c1-11-6-9-19-12(11)10-15-7-5-8-16-13(17)18-14(2,3)4/h6,9,15H,5,7-8,10H2,1-4H3,(H,16,17). The molecule has 0 atom stereocenters. The molecule has 0 spiro atoms. The van der Waals surface area contributed by atoms with Crippen LogP contribution in [0.2, 0.25) is 0 Å². The van der Waals surface area contributed by atoms with Crippen LogP contribution in [0, 0.1) is 6.92 Å². The van der Waals surface area contributed by atoms with E-state index in [1.54, 1.807) is 11.3 Å². The number of thiophene rings is 1. The van der Waals surface area contributed by atoms with E-state index in [1.165, 1.54) is 10.4 Å². The van der Waals surface area contributed by atoms with Crippen LogP contribution in [0.1, 0.15) is 37.6 Å². The predicted molar refractivity (Wildman–Crippen MR) is 79.6 cm³/mol. The number of nitrogens with one attached hydrogen (secondary N) is 2. The molecular weight excluding hydrogens is 260 g/mol. The molecule has 1 heterocycles. The van der Waals surface area contributed by atoms with Crippen LogP contribution >= 0.6 is 11.3 Å². The van der Waals surface area contributed by atoms with E-state index in [-0.39, 0.29) is 6.09 Å². The smallest absolute Gasteiger partial charge is 0.407 e. The minimum absolute atomic E-state index is 0.346. The lowest BCUT2D eigenvalue weighted by molar-refractivity contribution is 0.0527. The Kier molecular flexibility index (Phi) is 6.31. The first kappa shape index (κ1) is 16.0. The van der Waals surface area contributed by atoms with Crippen molar-refractivity contribution in [2.75, 3.05) is 13.1 Å². The number of hydrogen-bond donors (Lipinski definition) is 2. The molecular formula is C14H24N2O2S. The van der Waals surface area contributed by atoms with Crippen molar-refractivity contribution in [1.29, 1.82) is 0 Å². The highest BCUT2D eigenvalue weighted by Crippen LogP contribution is 2.14. The first-order chi connectivity index (χ1) is 8.88. The molecule has 19 heavy (non-hydrogen) atoms. The molecule has 1 rings (SSSR count). The van der Waals surface area contributed by atoms with Crippen molar-refractivity contribution >= 4 is 17.4 Å². The van der Waals surface area contributed by atoms with Crippen molar-refractivity contribution < 1.29 is 9.53 Å². The molecule has 0 saturated carbocycles. The second-order valence-electron chi connectivity index (χ2n) is 5.49. The summed E-state index contributed by atoms with van der Waals surface area (Å²) >= 11 is 1.77. The molecule has 0 aliphatic carbocycles. The number of amides is 1. The van der Waals surface area contributed by atoms with Gasteiger partial charge in [-0.2, -0.15) is 0 Å². The number of alkyl carbamates (subject to hydrolysis) is 1. The summed E-state index contributed by atoms with van der Waals surface area (Å²) in [6, 6.07) is 2.13. The van der Waals surface area contributed by atoms with Crippen molar-refractivity contribution in [3.63, 3.8) is 0 Å². The largest absolute Gasteiger partial charge is 0.444 e. The number of rotatable bonds is 6. The normalized spacial score (nSPS) is 11.4. The zero-order chi connectivity index (χ0) is 14.3. The maximum atomic E-state index is 11.4. The van der Waals surface area contributed by atoms with Crippen LogP contribution in [-0.4, -0.2) is 24.8 Å². The van der Waals surface area contributed by atoms with E-state index in [1.807, 2.05) is 20.8 Å². The summed E-state index contributed by atoms with van der Waals surface area (Å²) in [7, 11) is 0.